The fraction of sp³-hybridized carbons (Fsp3) is 0.733. The van der Waals surface area contributed by atoms with Crippen molar-refractivity contribution in [3.63, 3.8) is 0 Å². The van der Waals surface area contributed by atoms with E-state index in [9.17, 15) is 4.79 Å². The van der Waals surface area contributed by atoms with Gasteiger partial charge >= 0.3 is 0 Å². The smallest absolute Gasteiger partial charge is 0.228 e. The Bertz CT molecular complexity index is 465. The maximum Gasteiger partial charge on any atom is 0.228 e. The van der Waals surface area contributed by atoms with Crippen LogP contribution in [-0.2, 0) is 16.1 Å². The van der Waals surface area contributed by atoms with Crippen LogP contribution in [0.3, 0.4) is 0 Å². The van der Waals surface area contributed by atoms with Crippen molar-refractivity contribution in [1.82, 2.24) is 14.7 Å². The third-order valence-electron chi connectivity index (χ3n) is 4.35. The molecule has 3 heterocycles. The second-order valence-corrected chi connectivity index (χ2v) is 5.98. The predicted octanol–water partition coefficient (Wildman–Crippen LogP) is 1.61. The summed E-state index contributed by atoms with van der Waals surface area (Å²) in [6.07, 6.45) is 8.21. The Labute approximate surface area is 119 Å². The highest BCUT2D eigenvalue weighted by atomic mass is 16.5. The Morgan fingerprint density at radius 1 is 1.45 bits per heavy atom. The molecular formula is C15H23N3O2. The number of likely N-dealkylation sites (tertiary alicyclic amines) is 1. The van der Waals surface area contributed by atoms with Gasteiger partial charge < -0.3 is 9.64 Å². The molecule has 2 fully saturated rings. The summed E-state index contributed by atoms with van der Waals surface area (Å²) in [6.45, 7) is 5.08. The number of hydrogen-bond donors (Lipinski definition) is 0. The summed E-state index contributed by atoms with van der Waals surface area (Å²) < 4.78 is 7.33. The molecule has 0 N–H and O–H groups in total. The van der Waals surface area contributed by atoms with Gasteiger partial charge in [-0.15, -0.1) is 0 Å². The molecule has 2 aliphatic heterocycles. The Balaban J connectivity index is 1.68. The lowest BCUT2D eigenvalue weighted by Crippen LogP contribution is -2.48. The van der Waals surface area contributed by atoms with Crippen molar-refractivity contribution in [2.75, 3.05) is 19.8 Å². The zero-order valence-corrected chi connectivity index (χ0v) is 12.1. The highest BCUT2D eigenvalue weighted by Gasteiger charge is 2.33. The first-order chi connectivity index (χ1) is 9.74. The molecule has 20 heavy (non-hydrogen) atoms. The van der Waals surface area contributed by atoms with Crippen LogP contribution < -0.4 is 0 Å². The van der Waals surface area contributed by atoms with Crippen molar-refractivity contribution < 1.29 is 9.53 Å². The van der Waals surface area contributed by atoms with E-state index in [-0.39, 0.29) is 17.9 Å². The maximum absolute atomic E-state index is 12.6. The minimum atomic E-state index is 0.0787. The van der Waals surface area contributed by atoms with E-state index in [4.69, 9.17) is 4.74 Å². The molecule has 1 aromatic rings. The van der Waals surface area contributed by atoms with Crippen molar-refractivity contribution in [3.05, 3.63) is 18.0 Å². The zero-order chi connectivity index (χ0) is 13.9. The molecule has 5 heteroatoms. The van der Waals surface area contributed by atoms with E-state index < -0.39 is 0 Å². The van der Waals surface area contributed by atoms with Crippen molar-refractivity contribution >= 4 is 5.91 Å². The molecule has 110 valence electrons. The summed E-state index contributed by atoms with van der Waals surface area (Å²) in [6, 6.07) is 0.288. The Hall–Kier alpha value is -1.36. The molecule has 5 nitrogen and oxygen atoms in total. The second kappa shape index (κ2) is 5.95. The van der Waals surface area contributed by atoms with E-state index in [0.29, 0.717) is 6.61 Å². The molecule has 1 aromatic heterocycles. The Morgan fingerprint density at radius 2 is 2.35 bits per heavy atom. The van der Waals surface area contributed by atoms with E-state index in [2.05, 4.69) is 16.2 Å². The Morgan fingerprint density at radius 3 is 3.05 bits per heavy atom. The summed E-state index contributed by atoms with van der Waals surface area (Å²) in [7, 11) is 0. The summed E-state index contributed by atoms with van der Waals surface area (Å²) in [5.74, 6) is 0.367. The molecular weight excluding hydrogens is 254 g/mol. The lowest BCUT2D eigenvalue weighted by atomic mass is 9.98. The summed E-state index contributed by atoms with van der Waals surface area (Å²) in [5, 5.41) is 4.36. The molecule has 0 radical (unpaired) electrons. The first kappa shape index (κ1) is 13.6. The van der Waals surface area contributed by atoms with Crippen molar-refractivity contribution in [1.29, 1.82) is 0 Å². The number of piperidine rings is 1. The fourth-order valence-corrected chi connectivity index (χ4v) is 3.23. The van der Waals surface area contributed by atoms with E-state index >= 15 is 0 Å². The molecule has 2 saturated heterocycles. The van der Waals surface area contributed by atoms with E-state index in [1.165, 1.54) is 12.0 Å². The number of ether oxygens (including phenoxy) is 1. The van der Waals surface area contributed by atoms with E-state index in [1.54, 1.807) is 0 Å². The molecule has 0 unspecified atom stereocenters. The van der Waals surface area contributed by atoms with Gasteiger partial charge in [0.05, 0.1) is 31.3 Å². The van der Waals surface area contributed by atoms with Gasteiger partial charge in [0, 0.05) is 19.3 Å². The quantitative estimate of drug-likeness (QED) is 0.843. The molecule has 2 atom stereocenters. The first-order valence-electron chi connectivity index (χ1n) is 7.61. The fourth-order valence-electron chi connectivity index (χ4n) is 3.23. The van der Waals surface area contributed by atoms with Crippen LogP contribution in [0.25, 0.3) is 0 Å². The van der Waals surface area contributed by atoms with Crippen molar-refractivity contribution in [2.45, 2.75) is 45.2 Å². The molecule has 1 amide bonds. The number of carbonyl (C=O) groups excluding carboxylic acids is 1. The van der Waals surface area contributed by atoms with Crippen LogP contribution >= 0.6 is 0 Å². The van der Waals surface area contributed by atoms with Gasteiger partial charge in [-0.1, -0.05) is 0 Å². The number of aryl methyl sites for hydroxylation is 1. The van der Waals surface area contributed by atoms with Crippen molar-refractivity contribution in [3.8, 4) is 0 Å². The normalized spacial score (nSPS) is 26.9. The molecule has 3 rings (SSSR count). The number of aromatic nitrogens is 2. The highest BCUT2D eigenvalue weighted by molar-refractivity contribution is 5.79. The predicted molar refractivity (Wildman–Crippen MR) is 75.2 cm³/mol. The largest absolute Gasteiger partial charge is 0.381 e. The van der Waals surface area contributed by atoms with Crippen LogP contribution in [-0.4, -0.2) is 46.4 Å². The zero-order valence-electron chi connectivity index (χ0n) is 12.1. The number of carbonyl (C=O) groups is 1. The molecule has 0 spiro atoms. The lowest BCUT2D eigenvalue weighted by molar-refractivity contribution is -0.139. The summed E-state index contributed by atoms with van der Waals surface area (Å²) in [5.41, 5.74) is 1.17. The second-order valence-electron chi connectivity index (χ2n) is 5.98. The maximum atomic E-state index is 12.6. The topological polar surface area (TPSA) is 47.4 Å². The Kier molecular flexibility index (Phi) is 4.05. The molecule has 0 aromatic carbocycles. The number of rotatable bonds is 3. The van der Waals surface area contributed by atoms with Gasteiger partial charge in [-0.2, -0.15) is 5.10 Å². The minimum Gasteiger partial charge on any atom is -0.381 e. The average molecular weight is 277 g/mol. The first-order valence-corrected chi connectivity index (χ1v) is 7.61. The van der Waals surface area contributed by atoms with Gasteiger partial charge in [0.15, 0.2) is 0 Å². The van der Waals surface area contributed by atoms with Crippen LogP contribution in [0.1, 0.15) is 31.2 Å². The van der Waals surface area contributed by atoms with Gasteiger partial charge in [-0.05, 0) is 38.2 Å². The number of hydrogen-bond acceptors (Lipinski definition) is 3. The average Bonchev–Trinajstić information content (AvgIpc) is 3.10. The third-order valence-corrected chi connectivity index (χ3v) is 4.35. The SMILES string of the molecule is Cc1cnn(C[C@@H]2CCCCN2C(=O)[C@@H]2CCOC2)c1. The number of nitrogens with zero attached hydrogens (tertiary/aromatic N) is 3. The highest BCUT2D eigenvalue weighted by Crippen LogP contribution is 2.24. The lowest BCUT2D eigenvalue weighted by Gasteiger charge is -2.37. The minimum absolute atomic E-state index is 0.0787. The van der Waals surface area contributed by atoms with E-state index in [0.717, 1.165) is 39.0 Å². The van der Waals surface area contributed by atoms with Gasteiger partial charge in [0.1, 0.15) is 0 Å². The molecule has 2 aliphatic rings. The standard InChI is InChI=1S/C15H23N3O2/c1-12-8-16-17(9-12)10-14-4-2-3-6-18(14)15(19)13-5-7-20-11-13/h8-9,13-14H,2-7,10-11H2,1H3/t13-,14+/m1/s1. The van der Waals surface area contributed by atoms with Crippen LogP contribution in [0.15, 0.2) is 12.4 Å². The van der Waals surface area contributed by atoms with Crippen LogP contribution in [0.5, 0.6) is 0 Å². The van der Waals surface area contributed by atoms with Crippen molar-refractivity contribution in [2.24, 2.45) is 5.92 Å². The van der Waals surface area contributed by atoms with E-state index in [1.807, 2.05) is 17.8 Å². The van der Waals surface area contributed by atoms with Gasteiger partial charge in [-0.3, -0.25) is 9.48 Å². The molecule has 0 saturated carbocycles. The number of amides is 1. The third kappa shape index (κ3) is 2.87. The molecule has 0 bridgehead atoms. The van der Waals surface area contributed by atoms with Crippen LogP contribution in [0.2, 0.25) is 0 Å². The van der Waals surface area contributed by atoms with Crippen LogP contribution in [0, 0.1) is 12.8 Å². The van der Waals surface area contributed by atoms with Gasteiger partial charge in [0.25, 0.3) is 0 Å². The summed E-state index contributed by atoms with van der Waals surface area (Å²) in [4.78, 5) is 14.7. The van der Waals surface area contributed by atoms with Gasteiger partial charge in [0.2, 0.25) is 5.91 Å². The monoisotopic (exact) mass is 277 g/mol. The van der Waals surface area contributed by atoms with Gasteiger partial charge in [-0.25, -0.2) is 0 Å². The van der Waals surface area contributed by atoms with Crippen LogP contribution in [0.4, 0.5) is 0 Å². The molecule has 0 aliphatic carbocycles. The summed E-state index contributed by atoms with van der Waals surface area (Å²) >= 11 is 0.